The van der Waals surface area contributed by atoms with Crippen LogP contribution in [0, 0.1) is 13.8 Å². The van der Waals surface area contributed by atoms with E-state index in [4.69, 9.17) is 14.8 Å². The van der Waals surface area contributed by atoms with E-state index in [1.807, 2.05) is 48.7 Å². The molecule has 0 saturated heterocycles. The van der Waals surface area contributed by atoms with Crippen molar-refractivity contribution < 1.29 is 14.3 Å². The molecule has 0 bridgehead atoms. The zero-order valence-electron chi connectivity index (χ0n) is 19.2. The average Bonchev–Trinajstić information content (AvgIpc) is 3.23. The van der Waals surface area contributed by atoms with Crippen molar-refractivity contribution in [3.05, 3.63) is 77.1 Å². The molecule has 0 atom stereocenters. The van der Waals surface area contributed by atoms with Gasteiger partial charge in [-0.05, 0) is 57.0 Å². The minimum absolute atomic E-state index is 0.0385. The van der Waals surface area contributed by atoms with Gasteiger partial charge >= 0.3 is 0 Å². The number of aromatic nitrogens is 3. The van der Waals surface area contributed by atoms with Crippen molar-refractivity contribution in [3.63, 3.8) is 0 Å². The molecule has 0 fully saturated rings. The molecule has 7 nitrogen and oxygen atoms in total. The Hall–Kier alpha value is -4.00. The number of benzene rings is 2. The molecular weight excluding hydrogens is 416 g/mol. The zero-order valence-corrected chi connectivity index (χ0v) is 19.2. The second-order valence-electron chi connectivity index (χ2n) is 7.95. The van der Waals surface area contributed by atoms with Gasteiger partial charge in [0.15, 0.2) is 11.4 Å². The summed E-state index contributed by atoms with van der Waals surface area (Å²) in [5, 5.41) is 7.63. The standard InChI is InChI=1S/C26H26N4O3/c1-16-21(12-13-26(32)28-20-9-7-8-19(14-20)18(3)31)17(2)30-25(27-16)15-23(29-30)22-10-5-6-11-24(22)33-4/h5-11,14-15H,12-13H2,1-4H3,(H,28,32). The number of Topliss-reactive ketones (excluding diaryl/α,β-unsaturated/α-hetero) is 1. The number of methoxy groups -OCH3 is 1. The van der Waals surface area contributed by atoms with Gasteiger partial charge in [0.25, 0.3) is 0 Å². The fourth-order valence-electron chi connectivity index (χ4n) is 3.95. The topological polar surface area (TPSA) is 85.6 Å². The van der Waals surface area contributed by atoms with Crippen molar-refractivity contribution in [3.8, 4) is 17.0 Å². The van der Waals surface area contributed by atoms with Crippen LogP contribution in [-0.4, -0.2) is 33.4 Å². The van der Waals surface area contributed by atoms with Gasteiger partial charge in [-0.2, -0.15) is 5.10 Å². The summed E-state index contributed by atoms with van der Waals surface area (Å²) < 4.78 is 7.29. The van der Waals surface area contributed by atoms with E-state index >= 15 is 0 Å². The molecule has 0 saturated carbocycles. The van der Waals surface area contributed by atoms with Crippen molar-refractivity contribution >= 4 is 23.0 Å². The number of ether oxygens (including phenoxy) is 1. The monoisotopic (exact) mass is 442 g/mol. The molecule has 0 aliphatic rings. The summed E-state index contributed by atoms with van der Waals surface area (Å²) >= 11 is 0. The first-order valence-electron chi connectivity index (χ1n) is 10.8. The molecule has 168 valence electrons. The number of aryl methyl sites for hydroxylation is 2. The summed E-state index contributed by atoms with van der Waals surface area (Å²) in [6.45, 7) is 5.45. The molecular formula is C26H26N4O3. The number of anilines is 1. The molecule has 2 heterocycles. The molecule has 2 aromatic heterocycles. The van der Waals surface area contributed by atoms with Crippen LogP contribution in [0.4, 0.5) is 5.69 Å². The van der Waals surface area contributed by atoms with Crippen LogP contribution in [-0.2, 0) is 11.2 Å². The van der Waals surface area contributed by atoms with Gasteiger partial charge in [0.05, 0.1) is 12.8 Å². The Morgan fingerprint density at radius 3 is 2.61 bits per heavy atom. The molecule has 7 heteroatoms. The lowest BCUT2D eigenvalue weighted by molar-refractivity contribution is -0.116. The number of hydrogen-bond acceptors (Lipinski definition) is 5. The summed E-state index contributed by atoms with van der Waals surface area (Å²) in [5.74, 6) is 0.592. The van der Waals surface area contributed by atoms with Crippen LogP contribution in [0.2, 0.25) is 0 Å². The molecule has 4 rings (SSSR count). The van der Waals surface area contributed by atoms with Crippen LogP contribution in [0.15, 0.2) is 54.6 Å². The number of rotatable bonds is 7. The molecule has 0 spiro atoms. The lowest BCUT2D eigenvalue weighted by Gasteiger charge is -2.11. The van der Waals surface area contributed by atoms with E-state index in [0.717, 1.165) is 39.6 Å². The lowest BCUT2D eigenvalue weighted by atomic mass is 10.1. The molecule has 0 radical (unpaired) electrons. The molecule has 1 amide bonds. The van der Waals surface area contributed by atoms with Crippen LogP contribution >= 0.6 is 0 Å². The molecule has 0 unspecified atom stereocenters. The summed E-state index contributed by atoms with van der Waals surface area (Å²) in [7, 11) is 1.64. The first kappa shape index (κ1) is 22.2. The van der Waals surface area contributed by atoms with E-state index in [9.17, 15) is 9.59 Å². The maximum atomic E-state index is 12.6. The third-order valence-electron chi connectivity index (χ3n) is 5.70. The SMILES string of the molecule is COc1ccccc1-c1cc2nc(C)c(CCC(=O)Nc3cccc(C(C)=O)c3)c(C)n2n1. The maximum absolute atomic E-state index is 12.6. The number of para-hydroxylation sites is 1. The Morgan fingerprint density at radius 1 is 1.06 bits per heavy atom. The van der Waals surface area contributed by atoms with E-state index < -0.39 is 0 Å². The van der Waals surface area contributed by atoms with Gasteiger partial charge in [0.2, 0.25) is 5.91 Å². The molecule has 0 aliphatic carbocycles. The Balaban J connectivity index is 1.55. The first-order valence-corrected chi connectivity index (χ1v) is 10.8. The van der Waals surface area contributed by atoms with Gasteiger partial charge in [0, 0.05) is 40.7 Å². The number of nitrogens with zero attached hydrogens (tertiary/aromatic N) is 3. The van der Waals surface area contributed by atoms with Crippen molar-refractivity contribution in [1.29, 1.82) is 0 Å². The Labute approximate surface area is 192 Å². The minimum atomic E-state index is -0.121. The molecule has 4 aromatic rings. The number of carbonyl (C=O) groups excluding carboxylic acids is 2. The summed E-state index contributed by atoms with van der Waals surface area (Å²) in [6, 6.07) is 16.6. The van der Waals surface area contributed by atoms with Crippen LogP contribution in [0.25, 0.3) is 16.9 Å². The summed E-state index contributed by atoms with van der Waals surface area (Å²) in [6.07, 6.45) is 0.822. The van der Waals surface area contributed by atoms with E-state index in [1.54, 1.807) is 31.4 Å². The number of nitrogens with one attached hydrogen (secondary N) is 1. The Bertz CT molecular complexity index is 1360. The van der Waals surface area contributed by atoms with Crippen molar-refractivity contribution in [2.45, 2.75) is 33.6 Å². The number of fused-ring (bicyclic) bond motifs is 1. The van der Waals surface area contributed by atoms with Crippen LogP contribution in [0.5, 0.6) is 5.75 Å². The summed E-state index contributed by atoms with van der Waals surface area (Å²) in [4.78, 5) is 28.9. The number of carbonyl (C=O) groups is 2. The molecule has 2 aromatic carbocycles. The number of ketones is 1. The average molecular weight is 443 g/mol. The van der Waals surface area contributed by atoms with Crippen molar-refractivity contribution in [2.75, 3.05) is 12.4 Å². The zero-order chi connectivity index (χ0) is 23.5. The van der Waals surface area contributed by atoms with Crippen LogP contribution in [0.3, 0.4) is 0 Å². The highest BCUT2D eigenvalue weighted by atomic mass is 16.5. The molecule has 33 heavy (non-hydrogen) atoms. The highest BCUT2D eigenvalue weighted by molar-refractivity contribution is 5.97. The van der Waals surface area contributed by atoms with Crippen LogP contribution in [0.1, 0.15) is 40.7 Å². The van der Waals surface area contributed by atoms with Gasteiger partial charge in [0.1, 0.15) is 5.75 Å². The third kappa shape index (κ3) is 4.62. The highest BCUT2D eigenvalue weighted by Gasteiger charge is 2.16. The third-order valence-corrected chi connectivity index (χ3v) is 5.70. The fraction of sp³-hybridized carbons (Fsp3) is 0.231. The van der Waals surface area contributed by atoms with Gasteiger partial charge in [-0.25, -0.2) is 9.50 Å². The second kappa shape index (κ2) is 9.24. The van der Waals surface area contributed by atoms with E-state index in [0.29, 0.717) is 24.1 Å². The van der Waals surface area contributed by atoms with Gasteiger partial charge < -0.3 is 10.1 Å². The predicted octanol–water partition coefficient (Wildman–Crippen LogP) is 4.80. The van der Waals surface area contributed by atoms with E-state index in [2.05, 4.69) is 5.32 Å². The van der Waals surface area contributed by atoms with Crippen molar-refractivity contribution in [1.82, 2.24) is 14.6 Å². The Morgan fingerprint density at radius 2 is 1.85 bits per heavy atom. The second-order valence-corrected chi connectivity index (χ2v) is 7.95. The lowest BCUT2D eigenvalue weighted by Crippen LogP contribution is -2.14. The summed E-state index contributed by atoms with van der Waals surface area (Å²) in [5.41, 5.74) is 6.42. The quantitative estimate of drug-likeness (QED) is 0.416. The fourth-order valence-corrected chi connectivity index (χ4v) is 3.95. The molecule has 1 N–H and O–H groups in total. The van der Waals surface area contributed by atoms with Crippen LogP contribution < -0.4 is 10.1 Å². The largest absolute Gasteiger partial charge is 0.496 e. The van der Waals surface area contributed by atoms with E-state index in [1.165, 1.54) is 6.92 Å². The normalized spacial score (nSPS) is 10.9. The van der Waals surface area contributed by atoms with Gasteiger partial charge in [-0.3, -0.25) is 9.59 Å². The maximum Gasteiger partial charge on any atom is 0.224 e. The highest BCUT2D eigenvalue weighted by Crippen LogP contribution is 2.30. The van der Waals surface area contributed by atoms with E-state index in [-0.39, 0.29) is 11.7 Å². The van der Waals surface area contributed by atoms with Gasteiger partial charge in [-0.1, -0.05) is 24.3 Å². The minimum Gasteiger partial charge on any atom is -0.496 e. The molecule has 0 aliphatic heterocycles. The van der Waals surface area contributed by atoms with Gasteiger partial charge in [-0.15, -0.1) is 0 Å². The Kier molecular flexibility index (Phi) is 6.22. The number of hydrogen-bond donors (Lipinski definition) is 1. The number of amides is 1. The predicted molar refractivity (Wildman–Crippen MR) is 128 cm³/mol. The smallest absolute Gasteiger partial charge is 0.224 e. The van der Waals surface area contributed by atoms with Crippen molar-refractivity contribution in [2.24, 2.45) is 0 Å². The first-order chi connectivity index (χ1) is 15.9.